The highest BCUT2D eigenvalue weighted by atomic mass is 79.9. The van der Waals surface area contributed by atoms with Crippen molar-refractivity contribution in [2.45, 2.75) is 20.8 Å². The lowest BCUT2D eigenvalue weighted by Crippen LogP contribution is -1.90. The van der Waals surface area contributed by atoms with Gasteiger partial charge in [-0.05, 0) is 90.3 Å². The average molecular weight is 401 g/mol. The van der Waals surface area contributed by atoms with E-state index in [1.165, 1.54) is 0 Å². The van der Waals surface area contributed by atoms with Gasteiger partial charge in [0.2, 0.25) is 0 Å². The summed E-state index contributed by atoms with van der Waals surface area (Å²) >= 11 is 3.54. The van der Waals surface area contributed by atoms with E-state index >= 15 is 0 Å². The Hall–Kier alpha value is -2.20. The molecule has 3 aromatic rings. The van der Waals surface area contributed by atoms with Crippen LogP contribution < -0.4 is 9.47 Å². The van der Waals surface area contributed by atoms with Crippen LogP contribution in [0, 0.1) is 13.8 Å². The molecule has 0 atom stereocenters. The van der Waals surface area contributed by atoms with Gasteiger partial charge in [-0.1, -0.05) is 0 Å². The Kier molecular flexibility index (Phi) is 5.19. The average Bonchev–Trinajstić information content (AvgIpc) is 2.91. The van der Waals surface area contributed by atoms with Crippen LogP contribution in [-0.4, -0.2) is 13.7 Å². The van der Waals surface area contributed by atoms with Crippen molar-refractivity contribution in [2.75, 3.05) is 13.7 Å². The maximum Gasteiger partial charge on any atom is 0.138 e. The van der Waals surface area contributed by atoms with Crippen LogP contribution in [0.5, 0.6) is 11.5 Å². The summed E-state index contributed by atoms with van der Waals surface area (Å²) in [4.78, 5) is 0. The first-order valence-electron chi connectivity index (χ1n) is 8.22. The number of hydrogen-bond donors (Lipinski definition) is 0. The zero-order valence-corrected chi connectivity index (χ0v) is 16.4. The van der Waals surface area contributed by atoms with Crippen LogP contribution in [-0.2, 0) is 0 Å². The summed E-state index contributed by atoms with van der Waals surface area (Å²) < 4.78 is 18.0. The van der Waals surface area contributed by atoms with E-state index in [2.05, 4.69) is 29.8 Å². The third-order valence-corrected chi connectivity index (χ3v) is 4.91. The third-order valence-electron chi connectivity index (χ3n) is 4.29. The van der Waals surface area contributed by atoms with Gasteiger partial charge >= 0.3 is 0 Å². The lowest BCUT2D eigenvalue weighted by Gasteiger charge is -2.05. The molecule has 4 heteroatoms. The van der Waals surface area contributed by atoms with E-state index in [1.807, 2.05) is 49.4 Å². The first-order chi connectivity index (χ1) is 12.0. The van der Waals surface area contributed by atoms with Crippen LogP contribution >= 0.6 is 15.9 Å². The topological polar surface area (TPSA) is 31.6 Å². The Morgan fingerprint density at radius 2 is 1.52 bits per heavy atom. The highest BCUT2D eigenvalue weighted by Gasteiger charge is 2.17. The Morgan fingerprint density at radius 1 is 0.920 bits per heavy atom. The number of hydrogen-bond acceptors (Lipinski definition) is 3. The second kappa shape index (κ2) is 7.36. The van der Waals surface area contributed by atoms with E-state index in [9.17, 15) is 0 Å². The molecular weight excluding hydrogens is 380 g/mol. The normalized spacial score (nSPS) is 10.8. The Labute approximate surface area is 156 Å². The summed E-state index contributed by atoms with van der Waals surface area (Å²) in [5, 5.41) is 0. The fourth-order valence-electron chi connectivity index (χ4n) is 2.82. The number of ether oxygens (including phenoxy) is 2. The van der Waals surface area contributed by atoms with Gasteiger partial charge in [-0.3, -0.25) is 0 Å². The minimum atomic E-state index is 0.661. The predicted molar refractivity (Wildman–Crippen MR) is 104 cm³/mol. The van der Waals surface area contributed by atoms with E-state index in [0.717, 1.165) is 49.7 Å². The molecule has 0 fully saturated rings. The summed E-state index contributed by atoms with van der Waals surface area (Å²) in [6.45, 7) is 6.82. The van der Waals surface area contributed by atoms with Crippen molar-refractivity contribution in [1.82, 2.24) is 0 Å². The molecule has 130 valence electrons. The van der Waals surface area contributed by atoms with Crippen molar-refractivity contribution >= 4 is 15.9 Å². The maximum atomic E-state index is 6.24. The minimum Gasteiger partial charge on any atom is -0.496 e. The summed E-state index contributed by atoms with van der Waals surface area (Å²) in [5.74, 6) is 3.44. The van der Waals surface area contributed by atoms with Crippen LogP contribution in [0.3, 0.4) is 0 Å². The first kappa shape index (κ1) is 17.6. The summed E-state index contributed by atoms with van der Waals surface area (Å²) in [7, 11) is 1.66. The second-order valence-electron chi connectivity index (χ2n) is 5.82. The van der Waals surface area contributed by atoms with Crippen LogP contribution in [0.4, 0.5) is 0 Å². The molecule has 0 saturated heterocycles. The fraction of sp³-hybridized carbons (Fsp3) is 0.238. The van der Waals surface area contributed by atoms with Crippen molar-refractivity contribution in [2.24, 2.45) is 0 Å². The van der Waals surface area contributed by atoms with Gasteiger partial charge in [-0.25, -0.2) is 0 Å². The van der Waals surface area contributed by atoms with E-state index in [0.29, 0.717) is 6.61 Å². The van der Waals surface area contributed by atoms with Crippen LogP contribution in [0.15, 0.2) is 51.4 Å². The molecule has 0 aliphatic heterocycles. The lowest BCUT2D eigenvalue weighted by atomic mass is 10.0. The highest BCUT2D eigenvalue weighted by molar-refractivity contribution is 9.10. The van der Waals surface area contributed by atoms with Gasteiger partial charge in [0.1, 0.15) is 23.0 Å². The molecule has 0 radical (unpaired) electrons. The quantitative estimate of drug-likeness (QED) is 0.496. The number of furan rings is 1. The molecule has 0 unspecified atom stereocenters. The molecule has 0 aliphatic carbocycles. The van der Waals surface area contributed by atoms with Gasteiger partial charge in [0.15, 0.2) is 0 Å². The van der Waals surface area contributed by atoms with E-state index in [4.69, 9.17) is 13.9 Å². The summed E-state index contributed by atoms with van der Waals surface area (Å²) in [6, 6.07) is 14.0. The number of rotatable bonds is 5. The molecule has 0 bridgehead atoms. The maximum absolute atomic E-state index is 6.24. The van der Waals surface area contributed by atoms with E-state index in [1.54, 1.807) is 7.11 Å². The van der Waals surface area contributed by atoms with Gasteiger partial charge < -0.3 is 13.9 Å². The number of benzene rings is 2. The van der Waals surface area contributed by atoms with Crippen molar-refractivity contribution in [3.05, 3.63) is 58.1 Å². The van der Waals surface area contributed by atoms with Gasteiger partial charge in [0.05, 0.1) is 18.2 Å². The first-order valence-corrected chi connectivity index (χ1v) is 9.01. The molecule has 0 saturated carbocycles. The van der Waals surface area contributed by atoms with Gasteiger partial charge in [0, 0.05) is 11.1 Å². The van der Waals surface area contributed by atoms with Crippen molar-refractivity contribution in [3.63, 3.8) is 0 Å². The lowest BCUT2D eigenvalue weighted by molar-refractivity contribution is 0.340. The third kappa shape index (κ3) is 3.45. The molecule has 1 heterocycles. The summed E-state index contributed by atoms with van der Waals surface area (Å²) in [5.41, 5.74) is 4.35. The van der Waals surface area contributed by atoms with Gasteiger partial charge in [0.25, 0.3) is 0 Å². The molecule has 0 amide bonds. The SMILES string of the molecule is CCOc1ccc(-c2oc(-c3ccc(OC)c(Br)c3)c(C)c2C)cc1. The van der Waals surface area contributed by atoms with Crippen molar-refractivity contribution < 1.29 is 13.9 Å². The molecule has 0 N–H and O–H groups in total. The molecule has 3 rings (SSSR count). The Morgan fingerprint density at radius 3 is 2.08 bits per heavy atom. The van der Waals surface area contributed by atoms with Crippen LogP contribution in [0.2, 0.25) is 0 Å². The molecule has 3 nitrogen and oxygen atoms in total. The molecule has 0 spiro atoms. The molecule has 25 heavy (non-hydrogen) atoms. The Bertz CT molecular complexity index is 879. The predicted octanol–water partition coefficient (Wildman–Crippen LogP) is 6.40. The number of halogens is 1. The fourth-order valence-corrected chi connectivity index (χ4v) is 3.36. The Balaban J connectivity index is 2.01. The van der Waals surface area contributed by atoms with Gasteiger partial charge in [-0.2, -0.15) is 0 Å². The molecule has 1 aromatic heterocycles. The van der Waals surface area contributed by atoms with Crippen molar-refractivity contribution in [1.29, 1.82) is 0 Å². The van der Waals surface area contributed by atoms with Gasteiger partial charge in [-0.15, -0.1) is 0 Å². The van der Waals surface area contributed by atoms with E-state index < -0.39 is 0 Å². The smallest absolute Gasteiger partial charge is 0.138 e. The minimum absolute atomic E-state index is 0.661. The highest BCUT2D eigenvalue weighted by Crippen LogP contribution is 2.38. The standard InChI is InChI=1S/C21H21BrO3/c1-5-24-17-9-6-15(7-10-17)20-13(2)14(3)21(25-20)16-8-11-19(23-4)18(22)12-16/h6-12H,5H2,1-4H3. The zero-order valence-electron chi connectivity index (χ0n) is 14.9. The van der Waals surface area contributed by atoms with E-state index in [-0.39, 0.29) is 0 Å². The second-order valence-corrected chi connectivity index (χ2v) is 6.67. The van der Waals surface area contributed by atoms with Crippen LogP contribution in [0.1, 0.15) is 18.1 Å². The molecular formula is C21H21BrO3. The van der Waals surface area contributed by atoms with Crippen LogP contribution in [0.25, 0.3) is 22.6 Å². The van der Waals surface area contributed by atoms with Crippen molar-refractivity contribution in [3.8, 4) is 34.1 Å². The largest absolute Gasteiger partial charge is 0.496 e. The summed E-state index contributed by atoms with van der Waals surface area (Å²) in [6.07, 6.45) is 0. The monoisotopic (exact) mass is 400 g/mol. The molecule has 2 aromatic carbocycles. The number of methoxy groups -OCH3 is 1. The molecule has 0 aliphatic rings. The zero-order chi connectivity index (χ0) is 18.0.